The first kappa shape index (κ1) is 19.3. The van der Waals surface area contributed by atoms with Gasteiger partial charge in [0.1, 0.15) is 23.2 Å². The van der Waals surface area contributed by atoms with E-state index in [1.807, 2.05) is 6.07 Å². The predicted octanol–water partition coefficient (Wildman–Crippen LogP) is 3.67. The lowest BCUT2D eigenvalue weighted by atomic mass is 10.1. The Bertz CT molecular complexity index is 862. The van der Waals surface area contributed by atoms with Crippen molar-refractivity contribution in [1.82, 2.24) is 5.32 Å². The third-order valence-electron chi connectivity index (χ3n) is 3.52. The predicted molar refractivity (Wildman–Crippen MR) is 98.4 cm³/mol. The minimum absolute atomic E-state index is 0.106. The summed E-state index contributed by atoms with van der Waals surface area (Å²) in [5.41, 5.74) is 0.892. The lowest BCUT2D eigenvalue weighted by Crippen LogP contribution is -2.18. The third kappa shape index (κ3) is 5.23. The highest BCUT2D eigenvalue weighted by Crippen LogP contribution is 2.27. The zero-order valence-corrected chi connectivity index (χ0v) is 14.8. The molecular weight excluding hydrogens is 357 g/mol. The Hall–Kier alpha value is -3.04. The van der Waals surface area contributed by atoms with Crippen LogP contribution in [-0.2, 0) is 11.2 Å². The van der Waals surface area contributed by atoms with Gasteiger partial charge in [-0.25, -0.2) is 4.39 Å². The maximum atomic E-state index is 13.5. The fourth-order valence-corrected chi connectivity index (χ4v) is 2.43. The number of nitrogens with one attached hydrogen (secondary N) is 2. The monoisotopic (exact) mass is 373 g/mol. The van der Waals surface area contributed by atoms with Crippen molar-refractivity contribution in [3.63, 3.8) is 0 Å². The van der Waals surface area contributed by atoms with E-state index in [9.17, 15) is 9.18 Å². The molecule has 0 spiro atoms. The summed E-state index contributed by atoms with van der Waals surface area (Å²) in [6.07, 6.45) is 1.74. The molecule has 0 unspecified atom stereocenters. The highest BCUT2D eigenvalue weighted by Gasteiger charge is 2.10. The van der Waals surface area contributed by atoms with Crippen molar-refractivity contribution in [2.45, 2.75) is 6.42 Å². The molecule has 0 fully saturated rings. The normalized spacial score (nSPS) is 10.8. The molecule has 0 heterocycles. The number of benzene rings is 2. The molecule has 2 N–H and O–H groups in total. The Balaban J connectivity index is 1.93. The van der Waals surface area contributed by atoms with Gasteiger partial charge in [0.2, 0.25) is 0 Å². The van der Waals surface area contributed by atoms with Gasteiger partial charge >= 0.3 is 0 Å². The second-order valence-corrected chi connectivity index (χ2v) is 5.68. The van der Waals surface area contributed by atoms with E-state index in [2.05, 4.69) is 10.6 Å². The number of ether oxygens (including phenoxy) is 1. The third-order valence-corrected chi connectivity index (χ3v) is 3.81. The van der Waals surface area contributed by atoms with Gasteiger partial charge in [0.15, 0.2) is 0 Å². The quantitative estimate of drug-likeness (QED) is 0.441. The zero-order chi connectivity index (χ0) is 18.9. The summed E-state index contributed by atoms with van der Waals surface area (Å²) in [5.74, 6) is -0.379. The Morgan fingerprint density at radius 1 is 1.35 bits per heavy atom. The summed E-state index contributed by atoms with van der Waals surface area (Å²) in [6, 6.07) is 13.0. The van der Waals surface area contributed by atoms with Crippen molar-refractivity contribution in [2.75, 3.05) is 19.0 Å². The standard InChI is InChI=1S/C19H17ClFN3O2/c1-26-18-7-6-15(10-16(18)20)24-19(25)14(11-22)12-23-9-8-13-4-2-3-5-17(13)21/h2-7,10,12,23H,8-9H2,1H3,(H,24,25)/b14-12-. The maximum absolute atomic E-state index is 13.5. The van der Waals surface area contributed by atoms with E-state index in [0.29, 0.717) is 35.0 Å². The molecule has 0 saturated carbocycles. The van der Waals surface area contributed by atoms with Gasteiger partial charge < -0.3 is 15.4 Å². The van der Waals surface area contributed by atoms with Crippen molar-refractivity contribution in [3.8, 4) is 11.8 Å². The number of nitrogens with zero attached hydrogens (tertiary/aromatic N) is 1. The molecule has 7 heteroatoms. The van der Waals surface area contributed by atoms with E-state index >= 15 is 0 Å². The van der Waals surface area contributed by atoms with Gasteiger partial charge in [-0.05, 0) is 36.2 Å². The molecule has 2 aromatic carbocycles. The molecule has 5 nitrogen and oxygen atoms in total. The van der Waals surface area contributed by atoms with E-state index in [1.54, 1.807) is 30.3 Å². The summed E-state index contributed by atoms with van der Waals surface area (Å²) in [7, 11) is 1.49. The van der Waals surface area contributed by atoms with Crippen molar-refractivity contribution < 1.29 is 13.9 Å². The van der Waals surface area contributed by atoms with Gasteiger partial charge in [-0.2, -0.15) is 5.26 Å². The summed E-state index contributed by atoms with van der Waals surface area (Å²) in [4.78, 5) is 12.2. The molecule has 26 heavy (non-hydrogen) atoms. The lowest BCUT2D eigenvalue weighted by molar-refractivity contribution is -0.112. The van der Waals surface area contributed by atoms with Crippen molar-refractivity contribution in [3.05, 3.63) is 70.6 Å². The molecule has 0 aliphatic carbocycles. The fraction of sp³-hybridized carbons (Fsp3) is 0.158. The Kier molecular flexibility index (Phi) is 7.01. The van der Waals surface area contributed by atoms with Crippen LogP contribution in [0.3, 0.4) is 0 Å². The Morgan fingerprint density at radius 2 is 2.12 bits per heavy atom. The molecule has 0 saturated heterocycles. The van der Waals surface area contributed by atoms with E-state index in [0.717, 1.165) is 0 Å². The van der Waals surface area contributed by atoms with Crippen LogP contribution >= 0.6 is 11.6 Å². The molecule has 0 aromatic heterocycles. The smallest absolute Gasteiger partial charge is 0.267 e. The van der Waals surface area contributed by atoms with E-state index < -0.39 is 5.91 Å². The lowest BCUT2D eigenvalue weighted by Gasteiger charge is -2.08. The zero-order valence-electron chi connectivity index (χ0n) is 14.1. The number of rotatable bonds is 7. The van der Waals surface area contributed by atoms with Crippen LogP contribution in [0.1, 0.15) is 5.56 Å². The van der Waals surface area contributed by atoms with Crippen LogP contribution < -0.4 is 15.4 Å². The molecule has 2 rings (SSSR count). The molecule has 0 aliphatic rings. The second kappa shape index (κ2) is 9.44. The van der Waals surface area contributed by atoms with Crippen molar-refractivity contribution in [1.29, 1.82) is 5.26 Å². The van der Waals surface area contributed by atoms with Crippen LogP contribution in [0.5, 0.6) is 5.75 Å². The molecular formula is C19H17ClFN3O2. The average Bonchev–Trinajstić information content (AvgIpc) is 2.63. The van der Waals surface area contributed by atoms with Gasteiger partial charge in [0.25, 0.3) is 5.91 Å². The molecule has 0 bridgehead atoms. The largest absolute Gasteiger partial charge is 0.495 e. The van der Waals surface area contributed by atoms with Crippen molar-refractivity contribution >= 4 is 23.2 Å². The van der Waals surface area contributed by atoms with Gasteiger partial charge in [-0.1, -0.05) is 29.8 Å². The summed E-state index contributed by atoms with van der Waals surface area (Å²) in [5, 5.41) is 14.9. The van der Waals surface area contributed by atoms with Gasteiger partial charge in [0, 0.05) is 18.4 Å². The molecule has 0 radical (unpaired) electrons. The number of nitriles is 1. The summed E-state index contributed by atoms with van der Waals surface area (Å²) >= 11 is 6.00. The Morgan fingerprint density at radius 3 is 2.77 bits per heavy atom. The first-order valence-corrected chi connectivity index (χ1v) is 8.15. The topological polar surface area (TPSA) is 74.1 Å². The van der Waals surface area contributed by atoms with Crippen LogP contribution in [-0.4, -0.2) is 19.6 Å². The van der Waals surface area contributed by atoms with Crippen LogP contribution in [0.25, 0.3) is 0 Å². The van der Waals surface area contributed by atoms with Gasteiger partial charge in [-0.15, -0.1) is 0 Å². The van der Waals surface area contributed by atoms with E-state index in [1.165, 1.54) is 25.4 Å². The van der Waals surface area contributed by atoms with Crippen LogP contribution in [0.15, 0.2) is 54.2 Å². The Labute approximate surface area is 156 Å². The van der Waals surface area contributed by atoms with Crippen molar-refractivity contribution in [2.24, 2.45) is 0 Å². The minimum Gasteiger partial charge on any atom is -0.495 e. The van der Waals surface area contributed by atoms with Crippen LogP contribution in [0, 0.1) is 17.1 Å². The molecule has 1 amide bonds. The molecule has 134 valence electrons. The average molecular weight is 374 g/mol. The SMILES string of the molecule is COc1ccc(NC(=O)/C(C#N)=C\NCCc2ccccc2F)cc1Cl. The van der Waals surface area contributed by atoms with Gasteiger partial charge in [-0.3, -0.25) is 4.79 Å². The first-order chi connectivity index (χ1) is 12.5. The molecule has 0 atom stereocenters. The number of anilines is 1. The van der Waals surface area contributed by atoms with Gasteiger partial charge in [0.05, 0.1) is 12.1 Å². The number of methoxy groups -OCH3 is 1. The first-order valence-electron chi connectivity index (χ1n) is 7.77. The van der Waals surface area contributed by atoms with E-state index in [-0.39, 0.29) is 11.4 Å². The van der Waals surface area contributed by atoms with Crippen LogP contribution in [0.4, 0.5) is 10.1 Å². The number of carbonyl (C=O) groups excluding carboxylic acids is 1. The molecule has 0 aliphatic heterocycles. The summed E-state index contributed by atoms with van der Waals surface area (Å²) in [6.45, 7) is 0.383. The van der Waals surface area contributed by atoms with Crippen LogP contribution in [0.2, 0.25) is 5.02 Å². The number of carbonyl (C=O) groups is 1. The number of hydrogen-bond donors (Lipinski definition) is 2. The maximum Gasteiger partial charge on any atom is 0.267 e. The summed E-state index contributed by atoms with van der Waals surface area (Å²) < 4.78 is 18.6. The fourth-order valence-electron chi connectivity index (χ4n) is 2.17. The second-order valence-electron chi connectivity index (χ2n) is 5.27. The highest BCUT2D eigenvalue weighted by molar-refractivity contribution is 6.32. The highest BCUT2D eigenvalue weighted by atomic mass is 35.5. The van der Waals surface area contributed by atoms with E-state index in [4.69, 9.17) is 21.6 Å². The number of hydrogen-bond acceptors (Lipinski definition) is 4. The number of halogens is 2. The molecule has 2 aromatic rings. The minimum atomic E-state index is -0.577. The number of amides is 1.